The maximum Gasteiger partial charge on any atom is 0.126 e. The number of benzene rings is 1. The third kappa shape index (κ3) is 28.8. The molecule has 0 aliphatic heterocycles. The molecule has 1 rings (SSSR count). The summed E-state index contributed by atoms with van der Waals surface area (Å²) in [5.74, 6) is 0.856. The van der Waals surface area contributed by atoms with Crippen molar-refractivity contribution in [3.63, 3.8) is 0 Å². The average Bonchev–Trinajstić information content (AvgIpc) is 2.60. The number of ether oxygens (including phenoxy) is 1. The molecule has 2 N–H and O–H groups in total. The van der Waals surface area contributed by atoms with Crippen LogP contribution in [0.15, 0.2) is 24.3 Å². The number of aliphatic hydroxyl groups excluding tert-OH is 2. The molecule has 4 heteroatoms. The third-order valence-electron chi connectivity index (χ3n) is 4.01. The Bertz CT molecular complexity index is 536. The Labute approximate surface area is 193 Å². The standard InChI is InChI=1S/C11H16.C10H22O2.C3H6O.C3H8O/c1-9-6-5-7-10(8-9)11(2,3)4;1-9(2)5-8-12-10(3,4)6-7-11;1-3(2)4;1-2-3-4/h5-8H,1-4H3;9,11H,5-8H2,1-4H3;1-2H3;4H,2-3H2,1H3. The van der Waals surface area contributed by atoms with Gasteiger partial charge in [-0.25, -0.2) is 0 Å². The fraction of sp³-hybridized carbons (Fsp3) is 0.741. The summed E-state index contributed by atoms with van der Waals surface area (Å²) in [7, 11) is 0. The molecule has 0 fully saturated rings. The van der Waals surface area contributed by atoms with Gasteiger partial charge in [-0.3, -0.25) is 0 Å². The van der Waals surface area contributed by atoms with Crippen LogP contribution >= 0.6 is 0 Å². The van der Waals surface area contributed by atoms with Crippen LogP contribution in [0.5, 0.6) is 0 Å². The fourth-order valence-corrected chi connectivity index (χ4v) is 2.02. The van der Waals surface area contributed by atoms with Crippen LogP contribution in [-0.2, 0) is 14.9 Å². The highest BCUT2D eigenvalue weighted by atomic mass is 16.5. The topological polar surface area (TPSA) is 66.8 Å². The van der Waals surface area contributed by atoms with Gasteiger partial charge in [-0.1, -0.05) is 71.4 Å². The zero-order valence-corrected chi connectivity index (χ0v) is 22.3. The van der Waals surface area contributed by atoms with Crippen LogP contribution in [0.1, 0.15) is 99.6 Å². The molecule has 0 saturated heterocycles. The predicted octanol–water partition coefficient (Wildman–Crippen LogP) is 6.49. The van der Waals surface area contributed by atoms with Gasteiger partial charge in [0.25, 0.3) is 0 Å². The number of ketones is 1. The zero-order valence-electron chi connectivity index (χ0n) is 22.3. The van der Waals surface area contributed by atoms with Crippen LogP contribution in [0, 0.1) is 12.8 Å². The highest BCUT2D eigenvalue weighted by Crippen LogP contribution is 2.22. The molecular weight excluding hydrogens is 388 g/mol. The largest absolute Gasteiger partial charge is 0.396 e. The van der Waals surface area contributed by atoms with Crippen molar-refractivity contribution in [2.75, 3.05) is 19.8 Å². The quantitative estimate of drug-likeness (QED) is 0.509. The SMILES string of the molecule is CC(C)=O.CC(C)CCOC(C)(C)CCO.CCCO.Cc1cccc(C(C)(C)C)c1. The molecule has 0 amide bonds. The molecule has 0 radical (unpaired) electrons. The predicted molar refractivity (Wildman–Crippen MR) is 135 cm³/mol. The number of carbonyl (C=O) groups excluding carboxylic acids is 1. The Balaban J connectivity index is -0.000000378. The van der Waals surface area contributed by atoms with Crippen molar-refractivity contribution >= 4 is 5.78 Å². The summed E-state index contributed by atoms with van der Waals surface area (Å²) in [4.78, 5) is 9.44. The van der Waals surface area contributed by atoms with E-state index in [1.165, 1.54) is 25.0 Å². The molecule has 1 aromatic carbocycles. The van der Waals surface area contributed by atoms with Crippen molar-refractivity contribution in [3.05, 3.63) is 35.4 Å². The van der Waals surface area contributed by atoms with E-state index in [0.717, 1.165) is 19.4 Å². The number of carbonyl (C=O) groups is 1. The van der Waals surface area contributed by atoms with Gasteiger partial charge >= 0.3 is 0 Å². The van der Waals surface area contributed by atoms with E-state index in [0.29, 0.717) is 18.9 Å². The summed E-state index contributed by atoms with van der Waals surface area (Å²) in [6, 6.07) is 8.69. The first-order valence-electron chi connectivity index (χ1n) is 11.5. The van der Waals surface area contributed by atoms with Crippen LogP contribution in [0.3, 0.4) is 0 Å². The van der Waals surface area contributed by atoms with Gasteiger partial charge in [0.1, 0.15) is 5.78 Å². The van der Waals surface area contributed by atoms with Crippen molar-refractivity contribution in [3.8, 4) is 0 Å². The van der Waals surface area contributed by atoms with Crippen LogP contribution in [0.2, 0.25) is 0 Å². The molecular formula is C27H52O4. The Morgan fingerprint density at radius 3 is 1.81 bits per heavy atom. The van der Waals surface area contributed by atoms with Crippen molar-refractivity contribution < 1.29 is 19.7 Å². The van der Waals surface area contributed by atoms with Crippen molar-refractivity contribution in [2.24, 2.45) is 5.92 Å². The first-order valence-corrected chi connectivity index (χ1v) is 11.5. The van der Waals surface area contributed by atoms with Crippen LogP contribution < -0.4 is 0 Å². The Hall–Kier alpha value is -1.23. The van der Waals surface area contributed by atoms with Gasteiger partial charge in [0, 0.05) is 19.8 Å². The Kier molecular flexibility index (Phi) is 21.6. The molecule has 0 unspecified atom stereocenters. The molecule has 1 aromatic rings. The molecule has 0 bridgehead atoms. The van der Waals surface area contributed by atoms with Gasteiger partial charge in [-0.2, -0.15) is 0 Å². The first kappa shape index (κ1) is 34.4. The van der Waals surface area contributed by atoms with E-state index in [1.54, 1.807) is 0 Å². The molecule has 0 spiro atoms. The van der Waals surface area contributed by atoms with E-state index in [2.05, 4.69) is 65.8 Å². The molecule has 0 aliphatic carbocycles. The van der Waals surface area contributed by atoms with Gasteiger partial charge < -0.3 is 19.7 Å². The van der Waals surface area contributed by atoms with E-state index in [1.807, 2.05) is 20.8 Å². The van der Waals surface area contributed by atoms with Crippen LogP contribution in [0.4, 0.5) is 0 Å². The van der Waals surface area contributed by atoms with Crippen molar-refractivity contribution in [1.82, 2.24) is 0 Å². The normalized spacial score (nSPS) is 10.8. The molecule has 184 valence electrons. The lowest BCUT2D eigenvalue weighted by Crippen LogP contribution is -2.26. The van der Waals surface area contributed by atoms with E-state index < -0.39 is 0 Å². The lowest BCUT2D eigenvalue weighted by atomic mass is 9.86. The summed E-state index contributed by atoms with van der Waals surface area (Å²) in [6.07, 6.45) is 2.68. The summed E-state index contributed by atoms with van der Waals surface area (Å²) >= 11 is 0. The van der Waals surface area contributed by atoms with Gasteiger partial charge in [-0.15, -0.1) is 0 Å². The highest BCUT2D eigenvalue weighted by molar-refractivity contribution is 5.72. The van der Waals surface area contributed by atoms with Crippen molar-refractivity contribution in [1.29, 1.82) is 0 Å². The van der Waals surface area contributed by atoms with Gasteiger partial charge in [0.05, 0.1) is 5.60 Å². The van der Waals surface area contributed by atoms with Gasteiger partial charge in [0.2, 0.25) is 0 Å². The highest BCUT2D eigenvalue weighted by Gasteiger charge is 2.17. The monoisotopic (exact) mass is 440 g/mol. The number of aliphatic hydroxyl groups is 2. The van der Waals surface area contributed by atoms with E-state index >= 15 is 0 Å². The molecule has 0 aromatic heterocycles. The summed E-state index contributed by atoms with van der Waals surface area (Å²) in [5, 5.41) is 16.6. The summed E-state index contributed by atoms with van der Waals surface area (Å²) in [5.41, 5.74) is 2.88. The van der Waals surface area contributed by atoms with Crippen LogP contribution in [-0.4, -0.2) is 41.4 Å². The first-order chi connectivity index (χ1) is 14.1. The number of aryl methyl sites for hydroxylation is 1. The second-order valence-electron chi connectivity index (χ2n) is 10.0. The maximum absolute atomic E-state index is 9.44. The minimum absolute atomic E-state index is 0.163. The Morgan fingerprint density at radius 2 is 1.52 bits per heavy atom. The zero-order chi connectivity index (χ0) is 25.1. The fourth-order valence-electron chi connectivity index (χ4n) is 2.02. The van der Waals surface area contributed by atoms with Crippen molar-refractivity contribution in [2.45, 2.75) is 106 Å². The molecule has 4 nitrogen and oxygen atoms in total. The number of rotatable bonds is 7. The molecule has 0 saturated carbocycles. The van der Waals surface area contributed by atoms with E-state index in [4.69, 9.17) is 14.9 Å². The van der Waals surface area contributed by atoms with E-state index in [9.17, 15) is 4.79 Å². The van der Waals surface area contributed by atoms with Gasteiger partial charge in [0.15, 0.2) is 0 Å². The number of Topliss-reactive ketones (excluding diaryl/α,β-unsaturated/α-hetero) is 1. The maximum atomic E-state index is 9.44. The van der Waals surface area contributed by atoms with Gasteiger partial charge in [-0.05, 0) is 70.8 Å². The second-order valence-corrected chi connectivity index (χ2v) is 10.0. The smallest absolute Gasteiger partial charge is 0.126 e. The minimum atomic E-state index is -0.163. The lowest BCUT2D eigenvalue weighted by molar-refractivity contribution is -0.115. The molecule has 31 heavy (non-hydrogen) atoms. The number of hydrogen-bond acceptors (Lipinski definition) is 4. The average molecular weight is 441 g/mol. The lowest BCUT2D eigenvalue weighted by Gasteiger charge is -2.24. The Morgan fingerprint density at radius 1 is 1.03 bits per heavy atom. The van der Waals surface area contributed by atoms with Crippen LogP contribution in [0.25, 0.3) is 0 Å². The summed E-state index contributed by atoms with van der Waals surface area (Å²) in [6.45, 7) is 23.6. The van der Waals surface area contributed by atoms with E-state index in [-0.39, 0.29) is 23.4 Å². The summed E-state index contributed by atoms with van der Waals surface area (Å²) < 4.78 is 5.62. The molecule has 0 aliphatic rings. The molecule has 0 atom stereocenters. The molecule has 0 heterocycles. The minimum Gasteiger partial charge on any atom is -0.396 e. The second kappa shape index (κ2) is 19.5. The third-order valence-corrected chi connectivity index (χ3v) is 4.01. The number of hydrogen-bond donors (Lipinski definition) is 2.